The Bertz CT molecular complexity index is 407. The number of carbonyl (C=O) groups excluding carboxylic acids is 1. The molecule has 0 aromatic carbocycles. The number of nitrogens with zero attached hydrogens (tertiary/aromatic N) is 2. The number of likely N-dealkylation sites (N-methyl/N-ethyl adjacent to an activating group) is 1. The third-order valence-corrected chi connectivity index (χ3v) is 3.69. The van der Waals surface area contributed by atoms with Gasteiger partial charge in [0.25, 0.3) is 0 Å². The molecule has 2 heterocycles. The van der Waals surface area contributed by atoms with Crippen LogP contribution in [0.15, 0.2) is 24.5 Å². The summed E-state index contributed by atoms with van der Waals surface area (Å²) in [6, 6.07) is 3.83. The third kappa shape index (κ3) is 2.70. The summed E-state index contributed by atoms with van der Waals surface area (Å²) in [5, 5.41) is 3.19. The molecular weight excluding hydrogens is 226 g/mol. The summed E-state index contributed by atoms with van der Waals surface area (Å²) < 4.78 is 0. The fraction of sp³-hybridized carbons (Fsp3) is 0.571. The van der Waals surface area contributed by atoms with Gasteiger partial charge in [0.2, 0.25) is 5.91 Å². The van der Waals surface area contributed by atoms with Crippen LogP contribution >= 0.6 is 0 Å². The van der Waals surface area contributed by atoms with Crippen LogP contribution in [0.2, 0.25) is 0 Å². The Kier molecular flexibility index (Phi) is 3.97. The van der Waals surface area contributed by atoms with Crippen LogP contribution in [0, 0.1) is 0 Å². The highest BCUT2D eigenvalue weighted by molar-refractivity contribution is 5.79. The van der Waals surface area contributed by atoms with Crippen molar-refractivity contribution in [3.05, 3.63) is 30.1 Å². The summed E-state index contributed by atoms with van der Waals surface area (Å²) >= 11 is 0. The molecule has 98 valence electrons. The summed E-state index contributed by atoms with van der Waals surface area (Å²) in [5.74, 6) is 0.207. The SMILES string of the molecule is CNCC1(C)CCCN1C(=O)Cc1cccnc1. The molecule has 1 saturated heterocycles. The van der Waals surface area contributed by atoms with Gasteiger partial charge < -0.3 is 10.2 Å². The first-order valence-electron chi connectivity index (χ1n) is 6.50. The minimum atomic E-state index is -0.0337. The molecule has 4 heteroatoms. The number of carbonyl (C=O) groups is 1. The predicted molar refractivity (Wildman–Crippen MR) is 71.2 cm³/mol. The van der Waals surface area contributed by atoms with E-state index < -0.39 is 0 Å². The van der Waals surface area contributed by atoms with E-state index in [-0.39, 0.29) is 11.4 Å². The second kappa shape index (κ2) is 5.48. The zero-order valence-electron chi connectivity index (χ0n) is 11.1. The van der Waals surface area contributed by atoms with Gasteiger partial charge in [-0.05, 0) is 38.4 Å². The van der Waals surface area contributed by atoms with Crippen molar-refractivity contribution in [1.29, 1.82) is 0 Å². The first-order chi connectivity index (χ1) is 8.65. The molecule has 1 N–H and O–H groups in total. The molecule has 0 bridgehead atoms. The number of likely N-dealkylation sites (tertiary alicyclic amines) is 1. The molecular formula is C14H21N3O. The Morgan fingerprint density at radius 2 is 2.44 bits per heavy atom. The Labute approximate surface area is 108 Å². The quantitative estimate of drug-likeness (QED) is 0.870. The van der Waals surface area contributed by atoms with Crippen LogP contribution in [0.3, 0.4) is 0 Å². The lowest BCUT2D eigenvalue weighted by Gasteiger charge is -2.35. The van der Waals surface area contributed by atoms with E-state index in [1.165, 1.54) is 0 Å². The van der Waals surface area contributed by atoms with Crippen LogP contribution in [0.25, 0.3) is 0 Å². The Hall–Kier alpha value is -1.42. The molecule has 1 aliphatic rings. The Morgan fingerprint density at radius 1 is 1.61 bits per heavy atom. The van der Waals surface area contributed by atoms with Crippen LogP contribution in [0.4, 0.5) is 0 Å². The molecule has 0 radical (unpaired) electrons. The third-order valence-electron chi connectivity index (χ3n) is 3.69. The number of rotatable bonds is 4. The lowest BCUT2D eigenvalue weighted by Crippen LogP contribution is -2.51. The van der Waals surface area contributed by atoms with Crippen LogP contribution in [-0.2, 0) is 11.2 Å². The van der Waals surface area contributed by atoms with Gasteiger partial charge in [-0.3, -0.25) is 9.78 Å². The highest BCUT2D eigenvalue weighted by Gasteiger charge is 2.38. The van der Waals surface area contributed by atoms with E-state index in [2.05, 4.69) is 17.2 Å². The lowest BCUT2D eigenvalue weighted by atomic mass is 9.98. The molecule has 0 spiro atoms. The van der Waals surface area contributed by atoms with Crippen molar-refractivity contribution in [2.45, 2.75) is 31.7 Å². The fourth-order valence-corrected chi connectivity index (χ4v) is 2.79. The van der Waals surface area contributed by atoms with Gasteiger partial charge >= 0.3 is 0 Å². The molecule has 1 fully saturated rings. The Morgan fingerprint density at radius 3 is 3.11 bits per heavy atom. The van der Waals surface area contributed by atoms with Crippen molar-refractivity contribution in [3.63, 3.8) is 0 Å². The Balaban J connectivity index is 2.04. The van der Waals surface area contributed by atoms with Gasteiger partial charge in [-0.2, -0.15) is 0 Å². The van der Waals surface area contributed by atoms with Gasteiger partial charge in [-0.15, -0.1) is 0 Å². The predicted octanol–water partition coefficient (Wildman–Crippen LogP) is 1.22. The van der Waals surface area contributed by atoms with Gasteiger partial charge in [0.05, 0.1) is 12.0 Å². The van der Waals surface area contributed by atoms with Crippen molar-refractivity contribution in [2.75, 3.05) is 20.1 Å². The summed E-state index contributed by atoms with van der Waals surface area (Å²) in [5.41, 5.74) is 0.954. The van der Waals surface area contributed by atoms with Crippen molar-refractivity contribution in [1.82, 2.24) is 15.2 Å². The monoisotopic (exact) mass is 247 g/mol. The van der Waals surface area contributed by atoms with E-state index in [9.17, 15) is 4.79 Å². The van der Waals surface area contributed by atoms with E-state index in [0.29, 0.717) is 6.42 Å². The average molecular weight is 247 g/mol. The number of nitrogens with one attached hydrogen (secondary N) is 1. The van der Waals surface area contributed by atoms with E-state index >= 15 is 0 Å². The van der Waals surface area contributed by atoms with Gasteiger partial charge in [0.1, 0.15) is 0 Å². The zero-order valence-corrected chi connectivity index (χ0v) is 11.1. The van der Waals surface area contributed by atoms with E-state index in [4.69, 9.17) is 0 Å². The first-order valence-corrected chi connectivity index (χ1v) is 6.50. The standard InChI is InChI=1S/C14H21N3O/c1-14(11-15-2)6-4-8-17(14)13(18)9-12-5-3-7-16-10-12/h3,5,7,10,15H,4,6,8-9,11H2,1-2H3. The maximum atomic E-state index is 12.4. The van der Waals surface area contributed by atoms with Crippen LogP contribution < -0.4 is 5.32 Å². The first kappa shape index (κ1) is 13.0. The molecule has 0 saturated carbocycles. The molecule has 0 aliphatic carbocycles. The molecule has 4 nitrogen and oxygen atoms in total. The van der Waals surface area contributed by atoms with Crippen LogP contribution in [0.1, 0.15) is 25.3 Å². The smallest absolute Gasteiger partial charge is 0.227 e. The highest BCUT2D eigenvalue weighted by Crippen LogP contribution is 2.28. The van der Waals surface area contributed by atoms with Gasteiger partial charge in [-0.1, -0.05) is 6.07 Å². The van der Waals surface area contributed by atoms with Gasteiger partial charge in [-0.25, -0.2) is 0 Å². The highest BCUT2D eigenvalue weighted by atomic mass is 16.2. The minimum absolute atomic E-state index is 0.0337. The molecule has 1 aliphatic heterocycles. The van der Waals surface area contributed by atoms with E-state index in [0.717, 1.165) is 31.5 Å². The largest absolute Gasteiger partial charge is 0.336 e. The fourth-order valence-electron chi connectivity index (χ4n) is 2.79. The summed E-state index contributed by atoms with van der Waals surface area (Å²) in [7, 11) is 1.94. The van der Waals surface area contributed by atoms with Crippen molar-refractivity contribution in [3.8, 4) is 0 Å². The number of pyridine rings is 1. The molecule has 1 aromatic rings. The minimum Gasteiger partial charge on any atom is -0.336 e. The number of hydrogen-bond donors (Lipinski definition) is 1. The summed E-state index contributed by atoms with van der Waals surface area (Å²) in [6.45, 7) is 3.89. The maximum Gasteiger partial charge on any atom is 0.227 e. The topological polar surface area (TPSA) is 45.2 Å². The summed E-state index contributed by atoms with van der Waals surface area (Å²) in [6.07, 6.45) is 6.12. The van der Waals surface area contributed by atoms with E-state index in [1.807, 2.05) is 24.1 Å². The molecule has 1 unspecified atom stereocenters. The zero-order chi connectivity index (χ0) is 13.0. The van der Waals surface area contributed by atoms with Crippen molar-refractivity contribution < 1.29 is 4.79 Å². The molecule has 1 amide bonds. The van der Waals surface area contributed by atoms with Crippen molar-refractivity contribution in [2.24, 2.45) is 0 Å². The molecule has 1 atom stereocenters. The molecule has 18 heavy (non-hydrogen) atoms. The normalized spacial score (nSPS) is 23.3. The van der Waals surface area contributed by atoms with Gasteiger partial charge in [0.15, 0.2) is 0 Å². The lowest BCUT2D eigenvalue weighted by molar-refractivity contribution is -0.133. The number of hydrogen-bond acceptors (Lipinski definition) is 3. The van der Waals surface area contributed by atoms with E-state index in [1.54, 1.807) is 12.4 Å². The number of amides is 1. The van der Waals surface area contributed by atoms with Gasteiger partial charge in [0, 0.05) is 25.5 Å². The summed E-state index contributed by atoms with van der Waals surface area (Å²) in [4.78, 5) is 18.5. The molecule has 1 aromatic heterocycles. The van der Waals surface area contributed by atoms with Crippen LogP contribution in [-0.4, -0.2) is 41.5 Å². The van der Waals surface area contributed by atoms with Crippen LogP contribution in [0.5, 0.6) is 0 Å². The maximum absolute atomic E-state index is 12.4. The second-order valence-corrected chi connectivity index (χ2v) is 5.21. The average Bonchev–Trinajstić information content (AvgIpc) is 2.73. The molecule has 2 rings (SSSR count). The van der Waals surface area contributed by atoms with Crippen molar-refractivity contribution >= 4 is 5.91 Å². The second-order valence-electron chi connectivity index (χ2n) is 5.21. The number of aromatic nitrogens is 1.